The summed E-state index contributed by atoms with van der Waals surface area (Å²) in [4.78, 5) is 9.93. The van der Waals surface area contributed by atoms with Crippen molar-refractivity contribution in [1.29, 1.82) is 0 Å². The second kappa shape index (κ2) is 7.36. The largest absolute Gasteiger partial charge is 0.450 e. The summed E-state index contributed by atoms with van der Waals surface area (Å²) in [6.45, 7) is 1.68. The third-order valence-corrected chi connectivity index (χ3v) is 5.28. The van der Waals surface area contributed by atoms with Gasteiger partial charge in [-0.2, -0.15) is 0 Å². The van der Waals surface area contributed by atoms with Gasteiger partial charge in [-0.3, -0.25) is 0 Å². The van der Waals surface area contributed by atoms with Gasteiger partial charge >= 0.3 is 6.09 Å². The van der Waals surface area contributed by atoms with Gasteiger partial charge in [0.15, 0.2) is 5.37 Å². The lowest BCUT2D eigenvalue weighted by molar-refractivity contribution is 0.151. The van der Waals surface area contributed by atoms with Crippen LogP contribution in [-0.2, 0) is 14.6 Å². The van der Waals surface area contributed by atoms with E-state index in [4.69, 9.17) is 34.8 Å². The van der Waals surface area contributed by atoms with Crippen molar-refractivity contribution in [2.45, 2.75) is 22.0 Å². The predicted molar refractivity (Wildman–Crippen MR) is 78.1 cm³/mol. The maximum absolute atomic E-state index is 12.3. The lowest BCUT2D eigenvalue weighted by Gasteiger charge is -2.19. The lowest BCUT2D eigenvalue weighted by atomic mass is 10.4. The first-order valence-electron chi connectivity index (χ1n) is 5.50. The molecule has 0 aliphatic heterocycles. The lowest BCUT2D eigenvalue weighted by Crippen LogP contribution is -2.45. The number of amides is 1. The van der Waals surface area contributed by atoms with E-state index in [1.165, 1.54) is 24.3 Å². The van der Waals surface area contributed by atoms with E-state index in [1.807, 2.05) is 0 Å². The minimum absolute atomic E-state index is 0.0602. The number of alkyl carbamates (subject to hydrolysis) is 1. The number of nitrogens with one attached hydrogen (secondary N) is 1. The van der Waals surface area contributed by atoms with Crippen molar-refractivity contribution in [3.8, 4) is 0 Å². The molecule has 0 heterocycles. The van der Waals surface area contributed by atoms with Gasteiger partial charge in [0.05, 0.1) is 11.5 Å². The van der Waals surface area contributed by atoms with Crippen LogP contribution in [0.1, 0.15) is 6.92 Å². The molecule has 0 saturated carbocycles. The molecule has 5 nitrogen and oxygen atoms in total. The van der Waals surface area contributed by atoms with Crippen LogP contribution in [0, 0.1) is 0 Å². The van der Waals surface area contributed by atoms with Crippen LogP contribution in [0.5, 0.6) is 0 Å². The van der Waals surface area contributed by atoms with E-state index in [2.05, 4.69) is 10.1 Å². The zero-order chi connectivity index (χ0) is 15.3. The SMILES string of the molecule is CCOC(=O)NC(C(Cl)Cl)S(=O)(=O)c1ccc(Cl)cc1. The monoisotopic (exact) mass is 359 g/mol. The molecule has 1 aromatic carbocycles. The Morgan fingerprint density at radius 3 is 2.30 bits per heavy atom. The fourth-order valence-corrected chi connectivity index (χ4v) is 3.73. The maximum atomic E-state index is 12.3. The molecule has 112 valence electrons. The first kappa shape index (κ1) is 17.4. The number of hydrogen-bond acceptors (Lipinski definition) is 4. The number of carbonyl (C=O) groups excluding carboxylic acids is 1. The summed E-state index contributed by atoms with van der Waals surface area (Å²) in [6, 6.07) is 5.42. The highest BCUT2D eigenvalue weighted by atomic mass is 35.5. The van der Waals surface area contributed by atoms with Crippen molar-refractivity contribution in [2.24, 2.45) is 0 Å². The van der Waals surface area contributed by atoms with E-state index in [-0.39, 0.29) is 11.5 Å². The molecule has 0 fully saturated rings. The average molecular weight is 361 g/mol. The molecular formula is C11H12Cl3NO4S. The second-order valence-corrected chi connectivity index (χ2v) is 7.29. The smallest absolute Gasteiger partial charge is 0.408 e. The van der Waals surface area contributed by atoms with Crippen LogP contribution in [0.3, 0.4) is 0 Å². The van der Waals surface area contributed by atoms with Crippen molar-refractivity contribution in [3.63, 3.8) is 0 Å². The van der Waals surface area contributed by atoms with Gasteiger partial charge in [-0.1, -0.05) is 11.6 Å². The molecule has 1 N–H and O–H groups in total. The standard InChI is InChI=1S/C11H12Cl3NO4S/c1-2-19-11(16)15-10(9(13)14)20(17,18)8-5-3-7(12)4-6-8/h3-6,9-10H,2H2,1H3,(H,15,16). The molecule has 0 aliphatic carbocycles. The van der Waals surface area contributed by atoms with Crippen molar-refractivity contribution >= 4 is 50.7 Å². The van der Waals surface area contributed by atoms with E-state index in [1.54, 1.807) is 6.92 Å². The van der Waals surface area contributed by atoms with Gasteiger partial charge in [0.25, 0.3) is 0 Å². The van der Waals surface area contributed by atoms with E-state index in [0.717, 1.165) is 0 Å². The van der Waals surface area contributed by atoms with Crippen LogP contribution in [0.15, 0.2) is 29.2 Å². The van der Waals surface area contributed by atoms with Crippen LogP contribution in [0.4, 0.5) is 4.79 Å². The number of ether oxygens (including phenoxy) is 1. The van der Waals surface area contributed by atoms with E-state index in [0.29, 0.717) is 5.02 Å². The summed E-state index contributed by atoms with van der Waals surface area (Å²) >= 11 is 17.0. The minimum Gasteiger partial charge on any atom is -0.450 e. The number of hydrogen-bond donors (Lipinski definition) is 1. The number of benzene rings is 1. The molecule has 1 unspecified atom stereocenters. The predicted octanol–water partition coefficient (Wildman–Crippen LogP) is 2.99. The van der Waals surface area contributed by atoms with Gasteiger partial charge < -0.3 is 10.1 Å². The molecule has 0 radical (unpaired) electrons. The summed E-state index contributed by atoms with van der Waals surface area (Å²) in [6.07, 6.45) is -0.915. The summed E-state index contributed by atoms with van der Waals surface area (Å²) < 4.78 is 29.3. The van der Waals surface area contributed by atoms with Crippen LogP contribution in [0.25, 0.3) is 0 Å². The molecular weight excluding hydrogens is 349 g/mol. The summed E-state index contributed by atoms with van der Waals surface area (Å²) in [7, 11) is -3.96. The Morgan fingerprint density at radius 1 is 1.30 bits per heavy atom. The van der Waals surface area contributed by atoms with Crippen LogP contribution in [0.2, 0.25) is 5.02 Å². The Morgan fingerprint density at radius 2 is 1.85 bits per heavy atom. The Bertz CT molecular complexity index is 560. The number of rotatable bonds is 5. The number of alkyl halides is 2. The molecule has 0 aliphatic rings. The van der Waals surface area contributed by atoms with Gasteiger partial charge in [-0.05, 0) is 31.2 Å². The number of sulfone groups is 1. The van der Waals surface area contributed by atoms with Gasteiger partial charge in [0.1, 0.15) is 4.84 Å². The number of carbonyl (C=O) groups is 1. The molecule has 0 bridgehead atoms. The molecule has 0 aromatic heterocycles. The third-order valence-electron chi connectivity index (χ3n) is 2.24. The Kier molecular flexibility index (Phi) is 6.39. The van der Waals surface area contributed by atoms with Crippen LogP contribution in [-0.4, -0.2) is 31.3 Å². The summed E-state index contributed by atoms with van der Waals surface area (Å²) in [5.41, 5.74) is 0. The van der Waals surface area contributed by atoms with Gasteiger partial charge in [0.2, 0.25) is 9.84 Å². The molecule has 0 saturated heterocycles. The molecule has 9 heteroatoms. The normalized spacial score (nSPS) is 13.1. The molecule has 0 spiro atoms. The highest BCUT2D eigenvalue weighted by molar-refractivity contribution is 7.92. The van der Waals surface area contributed by atoms with Crippen molar-refractivity contribution in [2.75, 3.05) is 6.61 Å². The fourth-order valence-electron chi connectivity index (χ4n) is 1.34. The number of halogens is 3. The highest BCUT2D eigenvalue weighted by Crippen LogP contribution is 2.23. The second-order valence-electron chi connectivity index (χ2n) is 3.62. The Labute approximate surface area is 132 Å². The van der Waals surface area contributed by atoms with E-state index >= 15 is 0 Å². The van der Waals surface area contributed by atoms with Gasteiger partial charge in [-0.25, -0.2) is 13.2 Å². The minimum atomic E-state index is -3.96. The molecule has 1 rings (SSSR count). The summed E-state index contributed by atoms with van der Waals surface area (Å²) in [5.74, 6) is 0. The average Bonchev–Trinajstić information content (AvgIpc) is 2.36. The molecule has 1 amide bonds. The van der Waals surface area contributed by atoms with Crippen molar-refractivity contribution in [3.05, 3.63) is 29.3 Å². The highest BCUT2D eigenvalue weighted by Gasteiger charge is 2.34. The summed E-state index contributed by atoms with van der Waals surface area (Å²) in [5, 5.41) is 0.984. The fraction of sp³-hybridized carbons (Fsp3) is 0.364. The zero-order valence-electron chi connectivity index (χ0n) is 10.3. The molecule has 1 aromatic rings. The van der Waals surface area contributed by atoms with Crippen LogP contribution >= 0.6 is 34.8 Å². The Balaban J connectivity index is 3.06. The van der Waals surface area contributed by atoms with Crippen molar-refractivity contribution in [1.82, 2.24) is 5.32 Å². The third kappa shape index (κ3) is 4.41. The Hall–Kier alpha value is -0.690. The van der Waals surface area contributed by atoms with Crippen molar-refractivity contribution < 1.29 is 17.9 Å². The van der Waals surface area contributed by atoms with Gasteiger partial charge in [-0.15, -0.1) is 23.2 Å². The van der Waals surface area contributed by atoms with Gasteiger partial charge in [0, 0.05) is 5.02 Å². The maximum Gasteiger partial charge on any atom is 0.408 e. The topological polar surface area (TPSA) is 72.5 Å². The zero-order valence-corrected chi connectivity index (χ0v) is 13.4. The van der Waals surface area contributed by atoms with E-state index in [9.17, 15) is 13.2 Å². The molecule has 20 heavy (non-hydrogen) atoms. The molecule has 1 atom stereocenters. The quantitative estimate of drug-likeness (QED) is 0.819. The first-order valence-corrected chi connectivity index (χ1v) is 8.29. The first-order chi connectivity index (χ1) is 9.28. The van der Waals surface area contributed by atoms with Crippen LogP contribution < -0.4 is 5.32 Å². The van der Waals surface area contributed by atoms with E-state index < -0.39 is 26.1 Å².